The number of nitrogens with zero attached hydrogens (tertiary/aromatic N) is 3. The van der Waals surface area contributed by atoms with E-state index in [9.17, 15) is 0 Å². The lowest BCUT2D eigenvalue weighted by Gasteiger charge is -2.33. The van der Waals surface area contributed by atoms with Crippen molar-refractivity contribution in [2.45, 2.75) is 32.4 Å². The van der Waals surface area contributed by atoms with Crippen molar-refractivity contribution >= 4 is 29.9 Å². The molecule has 1 fully saturated rings. The number of ether oxygens (including phenoxy) is 1. The Balaban J connectivity index is 0.00000338. The van der Waals surface area contributed by atoms with Gasteiger partial charge < -0.3 is 15.4 Å². The Labute approximate surface area is 174 Å². The average Bonchev–Trinajstić information content (AvgIpc) is 2.65. The number of guanidine groups is 1. The summed E-state index contributed by atoms with van der Waals surface area (Å²) in [6.07, 6.45) is 2.34. The molecule has 0 aliphatic carbocycles. The number of piperidine rings is 1. The van der Waals surface area contributed by atoms with Gasteiger partial charge in [-0.25, -0.2) is 4.99 Å². The lowest BCUT2D eigenvalue weighted by atomic mass is 10.1. The Kier molecular flexibility index (Phi) is 11.2. The van der Waals surface area contributed by atoms with Crippen LogP contribution in [0.4, 0.5) is 0 Å². The number of aliphatic imine (C=N–C) groups is 1. The van der Waals surface area contributed by atoms with Gasteiger partial charge in [0.15, 0.2) is 5.96 Å². The highest BCUT2D eigenvalue weighted by Crippen LogP contribution is 2.10. The number of hydrogen-bond acceptors (Lipinski definition) is 4. The van der Waals surface area contributed by atoms with E-state index < -0.39 is 0 Å². The Morgan fingerprint density at radius 1 is 1.46 bits per heavy atom. The molecule has 2 N–H and O–H groups in total. The fourth-order valence-electron chi connectivity index (χ4n) is 3.02. The van der Waals surface area contributed by atoms with E-state index in [0.29, 0.717) is 18.2 Å². The number of likely N-dealkylation sites (tertiary alicyclic amines) is 1. The van der Waals surface area contributed by atoms with Crippen molar-refractivity contribution in [3.63, 3.8) is 0 Å². The normalized spacial score (nSPS) is 17.9. The minimum atomic E-state index is 0. The van der Waals surface area contributed by atoms with Gasteiger partial charge in [-0.15, -0.1) is 24.0 Å². The van der Waals surface area contributed by atoms with Gasteiger partial charge in [-0.2, -0.15) is 5.26 Å². The highest BCUT2D eigenvalue weighted by molar-refractivity contribution is 14.0. The van der Waals surface area contributed by atoms with Gasteiger partial charge in [-0.3, -0.25) is 4.90 Å². The summed E-state index contributed by atoms with van der Waals surface area (Å²) >= 11 is 0. The average molecular weight is 471 g/mol. The second kappa shape index (κ2) is 12.9. The monoisotopic (exact) mass is 471 g/mol. The highest BCUT2D eigenvalue weighted by atomic mass is 127. The quantitative estimate of drug-likeness (QED) is 0.363. The zero-order valence-corrected chi connectivity index (χ0v) is 18.0. The predicted octanol–water partition coefficient (Wildman–Crippen LogP) is 2.34. The Bertz CT molecular complexity index is 602. The fraction of sp³-hybridized carbons (Fsp3) is 0.579. The van der Waals surface area contributed by atoms with E-state index in [1.165, 1.54) is 6.42 Å². The largest absolute Gasteiger partial charge is 0.383 e. The molecule has 1 aliphatic rings. The molecule has 7 heteroatoms. The van der Waals surface area contributed by atoms with Gasteiger partial charge in [-0.1, -0.05) is 12.1 Å². The van der Waals surface area contributed by atoms with Gasteiger partial charge in [0.05, 0.1) is 24.8 Å². The van der Waals surface area contributed by atoms with E-state index in [2.05, 4.69) is 33.5 Å². The first-order valence-corrected chi connectivity index (χ1v) is 9.00. The molecule has 26 heavy (non-hydrogen) atoms. The summed E-state index contributed by atoms with van der Waals surface area (Å²) in [4.78, 5) is 7.12. The van der Waals surface area contributed by atoms with Crippen molar-refractivity contribution in [1.82, 2.24) is 15.5 Å². The van der Waals surface area contributed by atoms with Crippen molar-refractivity contribution in [2.24, 2.45) is 4.99 Å². The fourth-order valence-corrected chi connectivity index (χ4v) is 3.02. The molecule has 1 unspecified atom stereocenters. The maximum atomic E-state index is 9.00. The number of nitriles is 1. The number of methoxy groups -OCH3 is 1. The third-order valence-corrected chi connectivity index (χ3v) is 4.28. The van der Waals surface area contributed by atoms with Crippen molar-refractivity contribution < 1.29 is 4.74 Å². The maximum Gasteiger partial charge on any atom is 0.191 e. The molecule has 1 aromatic carbocycles. The number of hydrogen-bond donors (Lipinski definition) is 2. The highest BCUT2D eigenvalue weighted by Gasteiger charge is 2.20. The summed E-state index contributed by atoms with van der Waals surface area (Å²) in [6, 6.07) is 10.2. The van der Waals surface area contributed by atoms with E-state index in [1.807, 2.05) is 24.3 Å². The van der Waals surface area contributed by atoms with Crippen LogP contribution in [0, 0.1) is 11.3 Å². The van der Waals surface area contributed by atoms with E-state index in [1.54, 1.807) is 7.11 Å². The van der Waals surface area contributed by atoms with Gasteiger partial charge in [0.2, 0.25) is 0 Å². The maximum absolute atomic E-state index is 9.00. The third-order valence-electron chi connectivity index (χ3n) is 4.28. The van der Waals surface area contributed by atoms with Crippen molar-refractivity contribution in [3.05, 3.63) is 35.4 Å². The molecule has 1 heterocycles. The first kappa shape index (κ1) is 22.7. The summed E-state index contributed by atoms with van der Waals surface area (Å²) in [6.45, 7) is 7.35. The number of nitrogens with one attached hydrogen (secondary N) is 2. The van der Waals surface area contributed by atoms with E-state index in [4.69, 9.17) is 10.00 Å². The predicted molar refractivity (Wildman–Crippen MR) is 116 cm³/mol. The lowest BCUT2D eigenvalue weighted by molar-refractivity contribution is 0.126. The van der Waals surface area contributed by atoms with Crippen molar-refractivity contribution in [2.75, 3.05) is 39.9 Å². The van der Waals surface area contributed by atoms with Crippen LogP contribution in [-0.2, 0) is 11.3 Å². The standard InChI is InChI=1S/C19H29N5O.HI/c1-3-21-19(22-14-17-7-4-6-16(12-17)13-20)23-18-8-5-9-24(15-18)10-11-25-2;/h4,6-7,12,18H,3,5,8-11,14-15H2,1-2H3,(H2,21,22,23);1H. The molecule has 0 radical (unpaired) electrons. The number of rotatable bonds is 7. The van der Waals surface area contributed by atoms with Gasteiger partial charge in [0, 0.05) is 32.8 Å². The lowest BCUT2D eigenvalue weighted by Crippen LogP contribution is -2.51. The molecule has 2 rings (SSSR count). The molecule has 1 aliphatic heterocycles. The summed E-state index contributed by atoms with van der Waals surface area (Å²) in [7, 11) is 1.75. The molecule has 1 saturated heterocycles. The summed E-state index contributed by atoms with van der Waals surface area (Å²) in [5, 5.41) is 15.9. The number of halogens is 1. The van der Waals surface area contributed by atoms with Crippen LogP contribution in [0.25, 0.3) is 0 Å². The molecule has 1 aromatic rings. The van der Waals surface area contributed by atoms with Gasteiger partial charge in [-0.05, 0) is 44.0 Å². The Morgan fingerprint density at radius 3 is 3.04 bits per heavy atom. The third kappa shape index (κ3) is 7.89. The van der Waals surface area contributed by atoms with Gasteiger partial charge >= 0.3 is 0 Å². The van der Waals surface area contributed by atoms with Crippen molar-refractivity contribution in [1.29, 1.82) is 5.26 Å². The smallest absolute Gasteiger partial charge is 0.191 e. The second-order valence-corrected chi connectivity index (χ2v) is 6.28. The van der Waals surface area contributed by atoms with Crippen LogP contribution in [-0.4, -0.2) is 56.8 Å². The zero-order chi connectivity index (χ0) is 17.9. The number of benzene rings is 1. The van der Waals surface area contributed by atoms with E-state index in [-0.39, 0.29) is 24.0 Å². The van der Waals surface area contributed by atoms with E-state index >= 15 is 0 Å². The van der Waals surface area contributed by atoms with Crippen LogP contribution in [0.15, 0.2) is 29.3 Å². The second-order valence-electron chi connectivity index (χ2n) is 6.28. The molecule has 0 bridgehead atoms. The minimum absolute atomic E-state index is 0. The first-order chi connectivity index (χ1) is 12.2. The Hall–Kier alpha value is -1.37. The molecule has 1 atom stereocenters. The summed E-state index contributed by atoms with van der Waals surface area (Å²) in [5.41, 5.74) is 1.72. The SMILES string of the molecule is CCNC(=NCc1cccc(C#N)c1)NC1CCCN(CCOC)C1.I. The minimum Gasteiger partial charge on any atom is -0.383 e. The van der Waals surface area contributed by atoms with Crippen LogP contribution in [0.1, 0.15) is 30.9 Å². The summed E-state index contributed by atoms with van der Waals surface area (Å²) in [5.74, 6) is 0.837. The molecule has 0 saturated carbocycles. The molecule has 0 amide bonds. The molecular formula is C19H30IN5O. The van der Waals surface area contributed by atoms with Gasteiger partial charge in [0.25, 0.3) is 0 Å². The molecule has 0 spiro atoms. The zero-order valence-electron chi connectivity index (χ0n) is 15.7. The van der Waals surface area contributed by atoms with Crippen LogP contribution in [0.3, 0.4) is 0 Å². The summed E-state index contributed by atoms with van der Waals surface area (Å²) < 4.78 is 5.18. The molecular weight excluding hydrogens is 441 g/mol. The van der Waals surface area contributed by atoms with Crippen LogP contribution < -0.4 is 10.6 Å². The van der Waals surface area contributed by atoms with Crippen molar-refractivity contribution in [3.8, 4) is 6.07 Å². The van der Waals surface area contributed by atoms with Crippen LogP contribution in [0.5, 0.6) is 0 Å². The van der Waals surface area contributed by atoms with Gasteiger partial charge in [0.1, 0.15) is 0 Å². The van der Waals surface area contributed by atoms with E-state index in [0.717, 1.165) is 50.7 Å². The topological polar surface area (TPSA) is 72.7 Å². The first-order valence-electron chi connectivity index (χ1n) is 9.00. The molecule has 144 valence electrons. The molecule has 6 nitrogen and oxygen atoms in total. The molecule has 0 aromatic heterocycles. The van der Waals surface area contributed by atoms with Crippen LogP contribution >= 0.6 is 24.0 Å². The van der Waals surface area contributed by atoms with Crippen LogP contribution in [0.2, 0.25) is 0 Å². The Morgan fingerprint density at radius 2 is 2.31 bits per heavy atom.